The lowest BCUT2D eigenvalue weighted by molar-refractivity contribution is 0.0872. The van der Waals surface area contributed by atoms with Crippen LogP contribution in [0.2, 0.25) is 0 Å². The van der Waals surface area contributed by atoms with Gasteiger partial charge in [-0.2, -0.15) is 0 Å². The van der Waals surface area contributed by atoms with E-state index in [9.17, 15) is 9.18 Å². The Bertz CT molecular complexity index is 396. The number of carbonyl (C=O) groups is 1. The predicted octanol–water partition coefficient (Wildman–Crippen LogP) is 1.56. The lowest BCUT2D eigenvalue weighted by Crippen LogP contribution is -2.36. The first kappa shape index (κ1) is 13.4. The van der Waals surface area contributed by atoms with E-state index < -0.39 is 11.7 Å². The molecule has 0 fully saturated rings. The van der Waals surface area contributed by atoms with Gasteiger partial charge in [0.05, 0.1) is 12.2 Å². The van der Waals surface area contributed by atoms with Gasteiger partial charge in [0.2, 0.25) is 0 Å². The molecule has 0 spiro atoms. The summed E-state index contributed by atoms with van der Waals surface area (Å²) in [5.41, 5.74) is 6.01. The molecule has 94 valence electrons. The molecule has 1 unspecified atom stereocenters. The number of nitrogens with one attached hydrogen (secondary N) is 1. The lowest BCUT2D eigenvalue weighted by Gasteiger charge is -2.14. The molecule has 0 saturated carbocycles. The molecule has 17 heavy (non-hydrogen) atoms. The van der Waals surface area contributed by atoms with Crippen molar-refractivity contribution >= 4 is 11.6 Å². The first-order valence-corrected chi connectivity index (χ1v) is 5.48. The van der Waals surface area contributed by atoms with Crippen LogP contribution in [-0.4, -0.2) is 25.2 Å². The summed E-state index contributed by atoms with van der Waals surface area (Å²) >= 11 is 0. The normalized spacial score (nSPS) is 12.2. The quantitative estimate of drug-likeness (QED) is 0.768. The summed E-state index contributed by atoms with van der Waals surface area (Å²) in [5, 5.41) is 2.69. The van der Waals surface area contributed by atoms with Crippen molar-refractivity contribution in [3.05, 3.63) is 29.6 Å². The number of benzene rings is 1. The maximum atomic E-state index is 13.0. The highest BCUT2D eigenvalue weighted by molar-refractivity contribution is 5.99. The van der Waals surface area contributed by atoms with Crippen molar-refractivity contribution in [2.24, 2.45) is 0 Å². The molecule has 0 aliphatic heterocycles. The van der Waals surface area contributed by atoms with Crippen LogP contribution < -0.4 is 11.1 Å². The third-order valence-electron chi connectivity index (χ3n) is 2.21. The van der Waals surface area contributed by atoms with Crippen LogP contribution in [0.15, 0.2) is 18.2 Å². The van der Waals surface area contributed by atoms with Gasteiger partial charge in [-0.05, 0) is 32.0 Å². The second kappa shape index (κ2) is 6.20. The number of nitrogens with two attached hydrogens (primary N) is 1. The molecular weight excluding hydrogens is 223 g/mol. The van der Waals surface area contributed by atoms with Crippen LogP contribution in [0.25, 0.3) is 0 Å². The molecule has 3 N–H and O–H groups in total. The van der Waals surface area contributed by atoms with Gasteiger partial charge in [0.1, 0.15) is 5.82 Å². The van der Waals surface area contributed by atoms with E-state index in [0.29, 0.717) is 13.2 Å². The number of amides is 1. The van der Waals surface area contributed by atoms with E-state index in [2.05, 4.69) is 5.32 Å². The maximum absolute atomic E-state index is 13.0. The minimum atomic E-state index is -0.484. The van der Waals surface area contributed by atoms with E-state index in [4.69, 9.17) is 10.5 Å². The average molecular weight is 240 g/mol. The molecule has 0 radical (unpaired) electrons. The first-order valence-electron chi connectivity index (χ1n) is 5.48. The SMILES string of the molecule is CCOCC(C)NC(=O)c1cc(F)ccc1N. The molecule has 1 aromatic carbocycles. The summed E-state index contributed by atoms with van der Waals surface area (Å²) in [7, 11) is 0. The first-order chi connectivity index (χ1) is 8.04. The summed E-state index contributed by atoms with van der Waals surface area (Å²) in [4.78, 5) is 11.8. The Kier molecular flexibility index (Phi) is 4.90. The van der Waals surface area contributed by atoms with Crippen LogP contribution in [0, 0.1) is 5.82 Å². The van der Waals surface area contributed by atoms with Crippen molar-refractivity contribution in [3.8, 4) is 0 Å². The summed E-state index contributed by atoms with van der Waals surface area (Å²) in [5.74, 6) is -0.879. The van der Waals surface area contributed by atoms with Crippen molar-refractivity contribution in [3.63, 3.8) is 0 Å². The fourth-order valence-electron chi connectivity index (χ4n) is 1.36. The number of halogens is 1. The smallest absolute Gasteiger partial charge is 0.253 e. The zero-order valence-electron chi connectivity index (χ0n) is 10.00. The van der Waals surface area contributed by atoms with Crippen LogP contribution in [0.1, 0.15) is 24.2 Å². The van der Waals surface area contributed by atoms with Crippen molar-refractivity contribution < 1.29 is 13.9 Å². The molecule has 0 aromatic heterocycles. The maximum Gasteiger partial charge on any atom is 0.253 e. The van der Waals surface area contributed by atoms with Crippen molar-refractivity contribution in [2.75, 3.05) is 18.9 Å². The van der Waals surface area contributed by atoms with Gasteiger partial charge in [-0.1, -0.05) is 0 Å². The van der Waals surface area contributed by atoms with Gasteiger partial charge in [0.25, 0.3) is 5.91 Å². The number of ether oxygens (including phenoxy) is 1. The second-order valence-corrected chi connectivity index (χ2v) is 3.77. The molecule has 0 heterocycles. The fraction of sp³-hybridized carbons (Fsp3) is 0.417. The Labute approximate surface area is 100.0 Å². The van der Waals surface area contributed by atoms with Crippen LogP contribution in [0.5, 0.6) is 0 Å². The molecule has 0 aliphatic carbocycles. The molecule has 5 heteroatoms. The van der Waals surface area contributed by atoms with Gasteiger partial charge >= 0.3 is 0 Å². The van der Waals surface area contributed by atoms with E-state index in [1.807, 2.05) is 13.8 Å². The number of hydrogen-bond donors (Lipinski definition) is 2. The van der Waals surface area contributed by atoms with Gasteiger partial charge in [0.15, 0.2) is 0 Å². The lowest BCUT2D eigenvalue weighted by atomic mass is 10.1. The molecule has 1 rings (SSSR count). The standard InChI is InChI=1S/C12H17FN2O2/c1-3-17-7-8(2)15-12(16)10-6-9(13)4-5-11(10)14/h4-6,8H,3,7,14H2,1-2H3,(H,15,16). The number of hydrogen-bond acceptors (Lipinski definition) is 3. The van der Waals surface area contributed by atoms with Crippen molar-refractivity contribution in [1.82, 2.24) is 5.32 Å². The summed E-state index contributed by atoms with van der Waals surface area (Å²) in [6.45, 7) is 4.68. The Hall–Kier alpha value is -1.62. The monoisotopic (exact) mass is 240 g/mol. The van der Waals surface area contributed by atoms with E-state index in [0.717, 1.165) is 6.07 Å². The van der Waals surface area contributed by atoms with Gasteiger partial charge < -0.3 is 15.8 Å². The predicted molar refractivity (Wildman–Crippen MR) is 64.2 cm³/mol. The van der Waals surface area contributed by atoms with E-state index >= 15 is 0 Å². The average Bonchev–Trinajstić information content (AvgIpc) is 2.29. The zero-order valence-corrected chi connectivity index (χ0v) is 10.00. The number of anilines is 1. The highest BCUT2D eigenvalue weighted by atomic mass is 19.1. The summed E-state index contributed by atoms with van der Waals surface area (Å²) in [6, 6.07) is 3.57. The minimum Gasteiger partial charge on any atom is -0.398 e. The zero-order chi connectivity index (χ0) is 12.8. The van der Waals surface area contributed by atoms with Gasteiger partial charge in [-0.25, -0.2) is 4.39 Å². The van der Waals surface area contributed by atoms with Gasteiger partial charge in [-0.3, -0.25) is 4.79 Å². The van der Waals surface area contributed by atoms with E-state index in [1.54, 1.807) is 0 Å². The molecule has 0 saturated heterocycles. The molecule has 0 bridgehead atoms. The number of rotatable bonds is 5. The van der Waals surface area contributed by atoms with Crippen molar-refractivity contribution in [2.45, 2.75) is 19.9 Å². The molecule has 1 atom stereocenters. The molecule has 1 amide bonds. The highest BCUT2D eigenvalue weighted by Gasteiger charge is 2.13. The van der Waals surface area contributed by atoms with E-state index in [1.165, 1.54) is 12.1 Å². The number of nitrogen functional groups attached to an aromatic ring is 1. The molecule has 4 nitrogen and oxygen atoms in total. The Morgan fingerprint density at radius 3 is 2.94 bits per heavy atom. The minimum absolute atomic E-state index is 0.147. The number of carbonyl (C=O) groups excluding carboxylic acids is 1. The largest absolute Gasteiger partial charge is 0.398 e. The van der Waals surface area contributed by atoms with Crippen molar-refractivity contribution in [1.29, 1.82) is 0 Å². The Morgan fingerprint density at radius 2 is 2.29 bits per heavy atom. The highest BCUT2D eigenvalue weighted by Crippen LogP contribution is 2.13. The molecule has 1 aromatic rings. The summed E-state index contributed by atoms with van der Waals surface area (Å²) in [6.07, 6.45) is 0. The van der Waals surface area contributed by atoms with Crippen LogP contribution >= 0.6 is 0 Å². The fourth-order valence-corrected chi connectivity index (χ4v) is 1.36. The third-order valence-corrected chi connectivity index (χ3v) is 2.21. The van der Waals surface area contributed by atoms with E-state index in [-0.39, 0.29) is 17.3 Å². The van der Waals surface area contributed by atoms with Gasteiger partial charge in [0, 0.05) is 18.3 Å². The Balaban J connectivity index is 2.66. The van der Waals surface area contributed by atoms with Crippen LogP contribution in [0.4, 0.5) is 10.1 Å². The van der Waals surface area contributed by atoms with Crippen LogP contribution in [0.3, 0.4) is 0 Å². The topological polar surface area (TPSA) is 64.3 Å². The second-order valence-electron chi connectivity index (χ2n) is 3.77. The Morgan fingerprint density at radius 1 is 1.59 bits per heavy atom. The molecule has 0 aliphatic rings. The van der Waals surface area contributed by atoms with Gasteiger partial charge in [-0.15, -0.1) is 0 Å². The van der Waals surface area contributed by atoms with Crippen LogP contribution in [-0.2, 0) is 4.74 Å². The molecular formula is C12H17FN2O2. The third kappa shape index (κ3) is 4.03. The summed E-state index contributed by atoms with van der Waals surface area (Å²) < 4.78 is 18.2.